The van der Waals surface area contributed by atoms with E-state index in [0.29, 0.717) is 21.4 Å². The summed E-state index contributed by atoms with van der Waals surface area (Å²) < 4.78 is 0. The third-order valence-corrected chi connectivity index (χ3v) is 4.66. The van der Waals surface area contributed by atoms with E-state index in [2.05, 4.69) is 10.2 Å². The Morgan fingerprint density at radius 3 is 2.67 bits per heavy atom. The largest absolute Gasteiger partial charge is 0.397 e. The van der Waals surface area contributed by atoms with E-state index in [4.69, 9.17) is 28.9 Å². The fourth-order valence-corrected chi connectivity index (χ4v) is 2.95. The van der Waals surface area contributed by atoms with E-state index in [1.54, 1.807) is 12.1 Å². The number of nitrogens with zero attached hydrogens (tertiary/aromatic N) is 1. The lowest BCUT2D eigenvalue weighted by Gasteiger charge is -2.32. The first-order valence-corrected chi connectivity index (χ1v) is 7.89. The first kappa shape index (κ1) is 16.4. The maximum atomic E-state index is 12.3. The molecule has 1 atom stereocenters. The summed E-state index contributed by atoms with van der Waals surface area (Å²) in [6.45, 7) is 2.83. The Morgan fingerprint density at radius 1 is 1.48 bits per heavy atom. The second-order valence-corrected chi connectivity index (χ2v) is 6.60. The summed E-state index contributed by atoms with van der Waals surface area (Å²) in [5.41, 5.74) is 6.66. The van der Waals surface area contributed by atoms with Crippen molar-refractivity contribution < 1.29 is 4.79 Å². The molecular formula is C15H21Cl2N3O. The van der Waals surface area contributed by atoms with Gasteiger partial charge in [-0.2, -0.15) is 0 Å². The number of amides is 1. The van der Waals surface area contributed by atoms with Crippen molar-refractivity contribution in [2.24, 2.45) is 5.92 Å². The molecule has 21 heavy (non-hydrogen) atoms. The van der Waals surface area contributed by atoms with E-state index < -0.39 is 0 Å². The molecule has 116 valence electrons. The molecule has 0 heterocycles. The standard InChI is InChI=1S/C15H21Cl2N3O/c1-9(20(2)8-10-4-3-5-10)15(21)19-14-12(17)6-11(16)7-13(14)18/h6-7,9-10H,3-5,8,18H2,1-2H3,(H,19,21). The summed E-state index contributed by atoms with van der Waals surface area (Å²) >= 11 is 12.0. The Kier molecular flexibility index (Phi) is 5.36. The summed E-state index contributed by atoms with van der Waals surface area (Å²) in [7, 11) is 1.97. The molecular weight excluding hydrogens is 309 g/mol. The summed E-state index contributed by atoms with van der Waals surface area (Å²) in [4.78, 5) is 14.4. The van der Waals surface area contributed by atoms with Crippen LogP contribution in [0.1, 0.15) is 26.2 Å². The molecule has 0 aliphatic heterocycles. The zero-order valence-electron chi connectivity index (χ0n) is 12.3. The van der Waals surface area contributed by atoms with Crippen molar-refractivity contribution in [3.8, 4) is 0 Å². The Labute approximate surface area is 135 Å². The van der Waals surface area contributed by atoms with Gasteiger partial charge >= 0.3 is 0 Å². The number of anilines is 2. The molecule has 1 aliphatic carbocycles. The number of nitrogens with one attached hydrogen (secondary N) is 1. The van der Waals surface area contributed by atoms with Gasteiger partial charge in [-0.05, 0) is 44.9 Å². The molecule has 3 N–H and O–H groups in total. The molecule has 6 heteroatoms. The molecule has 0 aromatic heterocycles. The molecule has 1 saturated carbocycles. The Balaban J connectivity index is 2.00. The fraction of sp³-hybridized carbons (Fsp3) is 0.533. The van der Waals surface area contributed by atoms with Gasteiger partial charge in [0.25, 0.3) is 0 Å². The van der Waals surface area contributed by atoms with E-state index in [-0.39, 0.29) is 11.9 Å². The summed E-state index contributed by atoms with van der Waals surface area (Å²) in [5.74, 6) is 0.599. The van der Waals surface area contributed by atoms with Crippen LogP contribution in [0.25, 0.3) is 0 Å². The Hall–Kier alpha value is -0.970. The van der Waals surface area contributed by atoms with E-state index in [9.17, 15) is 4.79 Å². The number of rotatable bonds is 5. The van der Waals surface area contributed by atoms with Crippen LogP contribution in [0, 0.1) is 5.92 Å². The first-order chi connectivity index (χ1) is 9.88. The molecule has 0 radical (unpaired) electrons. The second kappa shape index (κ2) is 6.86. The fourth-order valence-electron chi connectivity index (χ4n) is 2.39. The van der Waals surface area contributed by atoms with Crippen molar-refractivity contribution in [1.82, 2.24) is 4.90 Å². The van der Waals surface area contributed by atoms with Crippen molar-refractivity contribution in [2.45, 2.75) is 32.2 Å². The second-order valence-electron chi connectivity index (χ2n) is 5.75. The molecule has 1 amide bonds. The number of carbonyl (C=O) groups excluding carboxylic acids is 1. The maximum absolute atomic E-state index is 12.3. The minimum absolute atomic E-state index is 0.118. The zero-order valence-corrected chi connectivity index (χ0v) is 13.8. The number of carbonyl (C=O) groups is 1. The minimum atomic E-state index is -0.239. The van der Waals surface area contributed by atoms with E-state index in [1.165, 1.54) is 19.3 Å². The van der Waals surface area contributed by atoms with Crippen molar-refractivity contribution in [1.29, 1.82) is 0 Å². The maximum Gasteiger partial charge on any atom is 0.241 e. The van der Waals surface area contributed by atoms with Gasteiger partial charge in [-0.1, -0.05) is 29.6 Å². The third kappa shape index (κ3) is 4.02. The van der Waals surface area contributed by atoms with Crippen LogP contribution in [0.2, 0.25) is 10.0 Å². The lowest BCUT2D eigenvalue weighted by atomic mass is 9.85. The van der Waals surface area contributed by atoms with Crippen LogP contribution in [0.3, 0.4) is 0 Å². The summed E-state index contributed by atoms with van der Waals surface area (Å²) in [5, 5.41) is 3.60. The van der Waals surface area contributed by atoms with Crippen LogP contribution in [0.5, 0.6) is 0 Å². The molecule has 0 spiro atoms. The van der Waals surface area contributed by atoms with Crippen LogP contribution >= 0.6 is 23.2 Å². The number of hydrogen-bond donors (Lipinski definition) is 2. The predicted octanol–water partition coefficient (Wildman–Crippen LogP) is 3.63. The SMILES string of the molecule is CC(C(=O)Nc1c(N)cc(Cl)cc1Cl)N(C)CC1CCC1. The third-order valence-electron chi connectivity index (χ3n) is 4.15. The highest BCUT2D eigenvalue weighted by Gasteiger charge is 2.25. The number of nitrogens with two attached hydrogens (primary N) is 1. The monoisotopic (exact) mass is 329 g/mol. The van der Waals surface area contributed by atoms with E-state index >= 15 is 0 Å². The molecule has 1 unspecified atom stereocenters. The van der Waals surface area contributed by atoms with Crippen molar-refractivity contribution >= 4 is 40.5 Å². The average Bonchev–Trinajstić information content (AvgIpc) is 2.36. The number of halogens is 2. The molecule has 1 aromatic rings. The molecule has 1 aliphatic rings. The van der Waals surface area contributed by atoms with Crippen molar-refractivity contribution in [3.05, 3.63) is 22.2 Å². The van der Waals surface area contributed by atoms with Gasteiger partial charge in [0.15, 0.2) is 0 Å². The number of nitrogen functional groups attached to an aromatic ring is 1. The van der Waals surface area contributed by atoms with Crippen LogP contribution in [-0.4, -0.2) is 30.4 Å². The van der Waals surface area contributed by atoms with Gasteiger partial charge in [0.2, 0.25) is 5.91 Å². The number of benzene rings is 1. The Bertz CT molecular complexity index is 509. The first-order valence-electron chi connectivity index (χ1n) is 7.14. The highest BCUT2D eigenvalue weighted by atomic mass is 35.5. The molecule has 1 fully saturated rings. The van der Waals surface area contributed by atoms with Gasteiger partial charge in [0, 0.05) is 11.6 Å². The van der Waals surface area contributed by atoms with Gasteiger partial charge in [-0.3, -0.25) is 9.69 Å². The quantitative estimate of drug-likeness (QED) is 0.811. The van der Waals surface area contributed by atoms with Crippen LogP contribution in [0.15, 0.2) is 12.1 Å². The smallest absolute Gasteiger partial charge is 0.241 e. The summed E-state index contributed by atoms with van der Waals surface area (Å²) in [6.07, 6.45) is 3.82. The molecule has 1 aromatic carbocycles. The van der Waals surface area contributed by atoms with Crippen LogP contribution in [-0.2, 0) is 4.79 Å². The summed E-state index contributed by atoms with van der Waals surface area (Å²) in [6, 6.07) is 2.90. The Morgan fingerprint density at radius 2 is 2.14 bits per heavy atom. The van der Waals surface area contributed by atoms with Crippen LogP contribution in [0.4, 0.5) is 11.4 Å². The van der Waals surface area contributed by atoms with Crippen molar-refractivity contribution in [3.63, 3.8) is 0 Å². The van der Waals surface area contributed by atoms with E-state index in [1.807, 2.05) is 14.0 Å². The topological polar surface area (TPSA) is 58.4 Å². The number of likely N-dealkylation sites (N-methyl/N-ethyl adjacent to an activating group) is 1. The minimum Gasteiger partial charge on any atom is -0.397 e. The average molecular weight is 330 g/mol. The number of hydrogen-bond acceptors (Lipinski definition) is 3. The van der Waals surface area contributed by atoms with Gasteiger partial charge in [0.05, 0.1) is 22.4 Å². The zero-order chi connectivity index (χ0) is 15.6. The molecule has 2 rings (SSSR count). The van der Waals surface area contributed by atoms with Crippen molar-refractivity contribution in [2.75, 3.05) is 24.6 Å². The predicted molar refractivity (Wildman–Crippen MR) is 88.9 cm³/mol. The van der Waals surface area contributed by atoms with Crippen LogP contribution < -0.4 is 11.1 Å². The van der Waals surface area contributed by atoms with Gasteiger partial charge in [0.1, 0.15) is 0 Å². The highest BCUT2D eigenvalue weighted by Crippen LogP contribution is 2.32. The molecule has 0 bridgehead atoms. The van der Waals surface area contributed by atoms with E-state index in [0.717, 1.165) is 12.5 Å². The lowest BCUT2D eigenvalue weighted by molar-refractivity contribution is -0.120. The van der Waals surface area contributed by atoms with Gasteiger partial charge in [-0.25, -0.2) is 0 Å². The van der Waals surface area contributed by atoms with Gasteiger partial charge in [-0.15, -0.1) is 0 Å². The normalized spacial score (nSPS) is 16.6. The molecule has 4 nitrogen and oxygen atoms in total. The molecule has 0 saturated heterocycles. The van der Waals surface area contributed by atoms with Gasteiger partial charge < -0.3 is 11.1 Å². The highest BCUT2D eigenvalue weighted by molar-refractivity contribution is 6.37. The lowest BCUT2D eigenvalue weighted by Crippen LogP contribution is -2.43.